The van der Waals surface area contributed by atoms with Gasteiger partial charge in [0.15, 0.2) is 11.6 Å². The van der Waals surface area contributed by atoms with Crippen molar-refractivity contribution in [3.8, 4) is 5.75 Å². The van der Waals surface area contributed by atoms with Crippen LogP contribution in [-0.2, 0) is 0 Å². The molecule has 0 unspecified atom stereocenters. The van der Waals surface area contributed by atoms with Gasteiger partial charge in [-0.1, -0.05) is 42.1 Å². The third kappa shape index (κ3) is 4.08. The Morgan fingerprint density at radius 2 is 1.94 bits per heavy atom. The number of halogens is 3. The lowest BCUT2D eigenvalue weighted by molar-refractivity contribution is 0.285. The molecule has 4 heteroatoms. The summed E-state index contributed by atoms with van der Waals surface area (Å²) in [5, 5.41) is 0. The van der Waals surface area contributed by atoms with E-state index >= 15 is 0 Å². The van der Waals surface area contributed by atoms with Crippen molar-refractivity contribution in [1.82, 2.24) is 0 Å². The molecule has 1 aromatic rings. The van der Waals surface area contributed by atoms with Gasteiger partial charge in [0.2, 0.25) is 5.82 Å². The number of benzene rings is 1. The van der Waals surface area contributed by atoms with Gasteiger partial charge in [-0.25, -0.2) is 4.39 Å². The standard InChI is InChI=1S/C12H15BrF2O/c1-2-3-4-5-6-16-11-8-9(13)7-10(14)12(11)15/h7-8H,2-6H2,1H3. The Kier molecular flexibility index (Phi) is 5.74. The Hall–Kier alpha value is -0.640. The normalized spacial score (nSPS) is 10.5. The topological polar surface area (TPSA) is 9.23 Å². The van der Waals surface area contributed by atoms with Gasteiger partial charge in [-0.15, -0.1) is 0 Å². The van der Waals surface area contributed by atoms with Crippen LogP contribution in [0.25, 0.3) is 0 Å². The fourth-order valence-corrected chi connectivity index (χ4v) is 1.76. The smallest absolute Gasteiger partial charge is 0.200 e. The summed E-state index contributed by atoms with van der Waals surface area (Å²) in [4.78, 5) is 0. The first kappa shape index (κ1) is 13.4. The van der Waals surface area contributed by atoms with Crippen LogP contribution in [0, 0.1) is 11.6 Å². The molecule has 0 atom stereocenters. The molecule has 0 aliphatic heterocycles. The molecule has 0 radical (unpaired) electrons. The zero-order chi connectivity index (χ0) is 12.0. The van der Waals surface area contributed by atoms with Crippen LogP contribution in [0.2, 0.25) is 0 Å². The maximum Gasteiger partial charge on any atom is 0.200 e. The monoisotopic (exact) mass is 292 g/mol. The second-order valence-electron chi connectivity index (χ2n) is 3.61. The number of rotatable bonds is 6. The van der Waals surface area contributed by atoms with Gasteiger partial charge >= 0.3 is 0 Å². The molecule has 0 fully saturated rings. The fraction of sp³-hybridized carbons (Fsp3) is 0.500. The molecule has 16 heavy (non-hydrogen) atoms. The Balaban J connectivity index is 2.47. The van der Waals surface area contributed by atoms with Gasteiger partial charge in [-0.2, -0.15) is 4.39 Å². The molecule has 0 aromatic heterocycles. The Morgan fingerprint density at radius 3 is 2.62 bits per heavy atom. The number of hydrogen-bond acceptors (Lipinski definition) is 1. The number of ether oxygens (including phenoxy) is 1. The summed E-state index contributed by atoms with van der Waals surface area (Å²) in [6, 6.07) is 2.53. The second-order valence-corrected chi connectivity index (χ2v) is 4.52. The summed E-state index contributed by atoms with van der Waals surface area (Å²) in [7, 11) is 0. The van der Waals surface area contributed by atoms with E-state index in [1.165, 1.54) is 6.07 Å². The maximum absolute atomic E-state index is 13.2. The molecule has 0 amide bonds. The van der Waals surface area contributed by atoms with E-state index in [4.69, 9.17) is 4.74 Å². The highest BCUT2D eigenvalue weighted by molar-refractivity contribution is 9.10. The Morgan fingerprint density at radius 1 is 1.19 bits per heavy atom. The summed E-state index contributed by atoms with van der Waals surface area (Å²) in [6.45, 7) is 2.54. The molecule has 0 aliphatic carbocycles. The summed E-state index contributed by atoms with van der Waals surface area (Å²) in [6.07, 6.45) is 4.19. The first-order valence-electron chi connectivity index (χ1n) is 5.42. The lowest BCUT2D eigenvalue weighted by Gasteiger charge is -2.08. The molecule has 0 spiro atoms. The molecule has 0 bridgehead atoms. The zero-order valence-corrected chi connectivity index (χ0v) is 10.8. The van der Waals surface area contributed by atoms with Crippen LogP contribution in [0.3, 0.4) is 0 Å². The maximum atomic E-state index is 13.2. The Bertz CT molecular complexity index is 342. The third-order valence-electron chi connectivity index (χ3n) is 2.22. The number of unbranched alkanes of at least 4 members (excludes halogenated alkanes) is 3. The van der Waals surface area contributed by atoms with Crippen molar-refractivity contribution in [2.45, 2.75) is 32.6 Å². The van der Waals surface area contributed by atoms with E-state index < -0.39 is 11.6 Å². The molecule has 1 nitrogen and oxygen atoms in total. The minimum atomic E-state index is -0.918. The van der Waals surface area contributed by atoms with Gasteiger partial charge in [0, 0.05) is 4.47 Å². The van der Waals surface area contributed by atoms with E-state index in [9.17, 15) is 8.78 Å². The van der Waals surface area contributed by atoms with Crippen molar-refractivity contribution in [2.75, 3.05) is 6.61 Å². The van der Waals surface area contributed by atoms with Gasteiger partial charge in [0.1, 0.15) is 0 Å². The molecular weight excluding hydrogens is 278 g/mol. The summed E-state index contributed by atoms with van der Waals surface area (Å²) < 4.78 is 31.9. The first-order chi connectivity index (χ1) is 7.65. The largest absolute Gasteiger partial charge is 0.490 e. The van der Waals surface area contributed by atoms with E-state index in [-0.39, 0.29) is 5.75 Å². The predicted molar refractivity (Wildman–Crippen MR) is 63.7 cm³/mol. The molecule has 0 aliphatic rings. The van der Waals surface area contributed by atoms with Crippen molar-refractivity contribution in [2.24, 2.45) is 0 Å². The molecular formula is C12H15BrF2O. The molecule has 0 N–H and O–H groups in total. The first-order valence-corrected chi connectivity index (χ1v) is 6.21. The number of hydrogen-bond donors (Lipinski definition) is 0. The summed E-state index contributed by atoms with van der Waals surface area (Å²) in [5.41, 5.74) is 0. The van der Waals surface area contributed by atoms with Gasteiger partial charge in [-0.3, -0.25) is 0 Å². The highest BCUT2D eigenvalue weighted by Crippen LogP contribution is 2.25. The van der Waals surface area contributed by atoms with Crippen molar-refractivity contribution < 1.29 is 13.5 Å². The van der Waals surface area contributed by atoms with E-state index in [0.717, 1.165) is 31.7 Å². The van der Waals surface area contributed by atoms with Crippen LogP contribution in [0.4, 0.5) is 8.78 Å². The second kappa shape index (κ2) is 6.84. The molecule has 0 saturated carbocycles. The van der Waals surface area contributed by atoms with Crippen LogP contribution < -0.4 is 4.74 Å². The van der Waals surface area contributed by atoms with E-state index in [2.05, 4.69) is 22.9 Å². The average molecular weight is 293 g/mol. The summed E-state index contributed by atoms with van der Waals surface area (Å²) in [5.74, 6) is -1.83. The van der Waals surface area contributed by atoms with Crippen molar-refractivity contribution in [3.05, 3.63) is 28.2 Å². The van der Waals surface area contributed by atoms with Crippen LogP contribution in [0.5, 0.6) is 5.75 Å². The van der Waals surface area contributed by atoms with E-state index in [1.54, 1.807) is 0 Å². The molecule has 1 aromatic carbocycles. The highest BCUT2D eigenvalue weighted by atomic mass is 79.9. The van der Waals surface area contributed by atoms with Crippen LogP contribution >= 0.6 is 15.9 Å². The van der Waals surface area contributed by atoms with Gasteiger partial charge in [0.25, 0.3) is 0 Å². The molecule has 1 rings (SSSR count). The highest BCUT2D eigenvalue weighted by Gasteiger charge is 2.10. The van der Waals surface area contributed by atoms with Crippen molar-refractivity contribution in [1.29, 1.82) is 0 Å². The van der Waals surface area contributed by atoms with Crippen LogP contribution in [0.1, 0.15) is 32.6 Å². The van der Waals surface area contributed by atoms with Crippen molar-refractivity contribution >= 4 is 15.9 Å². The SMILES string of the molecule is CCCCCCOc1cc(Br)cc(F)c1F. The molecule has 0 saturated heterocycles. The van der Waals surface area contributed by atoms with Gasteiger partial charge in [-0.05, 0) is 18.6 Å². The predicted octanol–water partition coefficient (Wildman–Crippen LogP) is 4.69. The minimum absolute atomic E-state index is 0.0247. The average Bonchev–Trinajstić information content (AvgIpc) is 2.24. The van der Waals surface area contributed by atoms with E-state index in [0.29, 0.717) is 11.1 Å². The van der Waals surface area contributed by atoms with Gasteiger partial charge < -0.3 is 4.74 Å². The molecule has 90 valence electrons. The van der Waals surface area contributed by atoms with Gasteiger partial charge in [0.05, 0.1) is 6.61 Å². The quantitative estimate of drug-likeness (QED) is 0.546. The fourth-order valence-electron chi connectivity index (χ4n) is 1.35. The Labute approximate surface area is 103 Å². The zero-order valence-electron chi connectivity index (χ0n) is 9.23. The van der Waals surface area contributed by atoms with Crippen LogP contribution in [-0.4, -0.2) is 6.61 Å². The molecule has 0 heterocycles. The van der Waals surface area contributed by atoms with Crippen molar-refractivity contribution in [3.63, 3.8) is 0 Å². The minimum Gasteiger partial charge on any atom is -0.490 e. The van der Waals surface area contributed by atoms with E-state index in [1.807, 2.05) is 0 Å². The summed E-state index contributed by atoms with van der Waals surface area (Å²) >= 11 is 3.09. The van der Waals surface area contributed by atoms with Crippen LogP contribution in [0.15, 0.2) is 16.6 Å². The lowest BCUT2D eigenvalue weighted by Crippen LogP contribution is -2.00. The lowest BCUT2D eigenvalue weighted by atomic mass is 10.2. The third-order valence-corrected chi connectivity index (χ3v) is 2.67.